The Morgan fingerprint density at radius 3 is 2.72 bits per heavy atom. The largest absolute Gasteiger partial charge is 0.383 e. The fraction of sp³-hybridized carbons (Fsp3) is 0.500. The smallest absolute Gasteiger partial charge is 0.138 e. The molecule has 1 fully saturated rings. The molecular formula is C14H18ClN3. The molecular weight excluding hydrogens is 246 g/mol. The van der Waals surface area contributed by atoms with E-state index in [4.69, 9.17) is 17.3 Å². The number of nitrogens with two attached hydrogens (primary N) is 1. The van der Waals surface area contributed by atoms with Crippen LogP contribution in [0.4, 0.5) is 5.82 Å². The molecule has 0 radical (unpaired) electrons. The Bertz CT molecular complexity index is 568. The number of anilines is 1. The van der Waals surface area contributed by atoms with E-state index in [1.54, 1.807) is 0 Å². The number of rotatable bonds is 1. The standard InChI is InChI=1S/C14H18ClN3/c1-9-2-4-10(5-3-9)13-14(16)18-8-11(15)6-7-12(18)17-13/h6-10H,2-5,16H2,1H3. The predicted octanol–water partition coefficient (Wildman–Crippen LogP) is 3.86. The normalized spacial score (nSPS) is 24.6. The van der Waals surface area contributed by atoms with Crippen LogP contribution in [0.3, 0.4) is 0 Å². The summed E-state index contributed by atoms with van der Waals surface area (Å²) >= 11 is 6.00. The Balaban J connectivity index is 1.99. The third kappa shape index (κ3) is 1.97. The number of halogens is 1. The monoisotopic (exact) mass is 263 g/mol. The van der Waals surface area contributed by atoms with E-state index in [-0.39, 0.29) is 0 Å². The molecule has 2 heterocycles. The van der Waals surface area contributed by atoms with E-state index < -0.39 is 0 Å². The van der Waals surface area contributed by atoms with Gasteiger partial charge in [-0.3, -0.25) is 4.40 Å². The highest BCUT2D eigenvalue weighted by molar-refractivity contribution is 6.30. The molecule has 4 heteroatoms. The summed E-state index contributed by atoms with van der Waals surface area (Å²) < 4.78 is 1.90. The summed E-state index contributed by atoms with van der Waals surface area (Å²) in [4.78, 5) is 4.68. The molecule has 0 spiro atoms. The molecule has 0 bridgehead atoms. The molecule has 0 aliphatic heterocycles. The van der Waals surface area contributed by atoms with Gasteiger partial charge in [-0.2, -0.15) is 0 Å². The van der Waals surface area contributed by atoms with E-state index in [0.717, 1.165) is 23.1 Å². The summed E-state index contributed by atoms with van der Waals surface area (Å²) in [7, 11) is 0. The van der Waals surface area contributed by atoms with Crippen LogP contribution < -0.4 is 5.73 Å². The van der Waals surface area contributed by atoms with Crippen LogP contribution >= 0.6 is 11.6 Å². The van der Waals surface area contributed by atoms with Gasteiger partial charge in [0.15, 0.2) is 0 Å². The van der Waals surface area contributed by atoms with Crippen molar-refractivity contribution in [2.45, 2.75) is 38.5 Å². The molecule has 18 heavy (non-hydrogen) atoms. The molecule has 3 nitrogen and oxygen atoms in total. The molecule has 3 rings (SSSR count). The van der Waals surface area contributed by atoms with Crippen molar-refractivity contribution in [3.8, 4) is 0 Å². The first-order valence-corrected chi connectivity index (χ1v) is 6.96. The Labute approximate surface area is 112 Å². The second-order valence-corrected chi connectivity index (χ2v) is 5.85. The molecule has 1 saturated carbocycles. The average molecular weight is 264 g/mol. The van der Waals surface area contributed by atoms with Crippen molar-refractivity contribution in [3.63, 3.8) is 0 Å². The summed E-state index contributed by atoms with van der Waals surface area (Å²) in [6.07, 6.45) is 6.79. The van der Waals surface area contributed by atoms with Crippen LogP contribution in [0.25, 0.3) is 5.65 Å². The van der Waals surface area contributed by atoms with Crippen LogP contribution in [0.1, 0.15) is 44.2 Å². The number of imidazole rings is 1. The topological polar surface area (TPSA) is 43.3 Å². The molecule has 0 atom stereocenters. The van der Waals surface area contributed by atoms with Gasteiger partial charge in [-0.1, -0.05) is 31.4 Å². The Morgan fingerprint density at radius 2 is 2.00 bits per heavy atom. The molecule has 96 valence electrons. The summed E-state index contributed by atoms with van der Waals surface area (Å²) in [6.45, 7) is 2.32. The molecule has 2 aromatic heterocycles. The van der Waals surface area contributed by atoms with E-state index in [1.807, 2.05) is 22.7 Å². The first-order chi connectivity index (χ1) is 8.65. The number of hydrogen-bond acceptors (Lipinski definition) is 2. The fourth-order valence-electron chi connectivity index (χ4n) is 2.89. The Kier molecular flexibility index (Phi) is 2.94. The lowest BCUT2D eigenvalue weighted by atomic mass is 9.81. The lowest BCUT2D eigenvalue weighted by Gasteiger charge is -2.25. The van der Waals surface area contributed by atoms with E-state index in [0.29, 0.717) is 10.9 Å². The summed E-state index contributed by atoms with van der Waals surface area (Å²) in [5, 5.41) is 0.690. The van der Waals surface area contributed by atoms with Gasteiger partial charge in [0.1, 0.15) is 11.5 Å². The van der Waals surface area contributed by atoms with Crippen molar-refractivity contribution >= 4 is 23.1 Å². The third-order valence-corrected chi connectivity index (χ3v) is 4.27. The number of nitrogen functional groups attached to an aromatic ring is 1. The molecule has 1 aliphatic carbocycles. The Hall–Kier alpha value is -1.22. The minimum atomic E-state index is 0.514. The molecule has 1 aliphatic rings. The summed E-state index contributed by atoms with van der Waals surface area (Å²) in [5.41, 5.74) is 8.17. The number of nitrogens with zero attached hydrogens (tertiary/aromatic N) is 2. The van der Waals surface area contributed by atoms with Gasteiger partial charge in [0.2, 0.25) is 0 Å². The second-order valence-electron chi connectivity index (χ2n) is 5.41. The van der Waals surface area contributed by atoms with E-state index >= 15 is 0 Å². The van der Waals surface area contributed by atoms with Crippen LogP contribution in [0, 0.1) is 5.92 Å². The average Bonchev–Trinajstić information content (AvgIpc) is 2.68. The van der Waals surface area contributed by atoms with E-state index in [9.17, 15) is 0 Å². The number of fused-ring (bicyclic) bond motifs is 1. The van der Waals surface area contributed by atoms with Gasteiger partial charge in [0, 0.05) is 12.1 Å². The highest BCUT2D eigenvalue weighted by atomic mass is 35.5. The van der Waals surface area contributed by atoms with Crippen molar-refractivity contribution in [3.05, 3.63) is 29.0 Å². The van der Waals surface area contributed by atoms with Gasteiger partial charge >= 0.3 is 0 Å². The number of pyridine rings is 1. The van der Waals surface area contributed by atoms with Crippen LogP contribution in [0.5, 0.6) is 0 Å². The maximum Gasteiger partial charge on any atom is 0.138 e. The maximum absolute atomic E-state index is 6.22. The first-order valence-electron chi connectivity index (χ1n) is 6.58. The van der Waals surface area contributed by atoms with E-state index in [2.05, 4.69) is 11.9 Å². The zero-order valence-corrected chi connectivity index (χ0v) is 11.3. The lowest BCUT2D eigenvalue weighted by molar-refractivity contribution is 0.345. The number of aromatic nitrogens is 2. The van der Waals surface area contributed by atoms with Gasteiger partial charge in [-0.05, 0) is 30.9 Å². The second kappa shape index (κ2) is 4.47. The molecule has 0 unspecified atom stereocenters. The van der Waals surface area contributed by atoms with Crippen molar-refractivity contribution in [1.82, 2.24) is 9.38 Å². The van der Waals surface area contributed by atoms with Gasteiger partial charge in [-0.15, -0.1) is 0 Å². The molecule has 2 N–H and O–H groups in total. The predicted molar refractivity (Wildman–Crippen MR) is 75.0 cm³/mol. The van der Waals surface area contributed by atoms with Crippen LogP contribution in [0.15, 0.2) is 18.3 Å². The maximum atomic E-state index is 6.22. The van der Waals surface area contributed by atoms with Gasteiger partial charge < -0.3 is 5.73 Å². The highest BCUT2D eigenvalue weighted by Gasteiger charge is 2.24. The zero-order valence-electron chi connectivity index (χ0n) is 10.6. The van der Waals surface area contributed by atoms with Crippen molar-refractivity contribution in [1.29, 1.82) is 0 Å². The first kappa shape index (κ1) is 11.8. The van der Waals surface area contributed by atoms with Crippen molar-refractivity contribution in [2.24, 2.45) is 5.92 Å². The third-order valence-electron chi connectivity index (χ3n) is 4.05. The van der Waals surface area contributed by atoms with Crippen LogP contribution in [-0.4, -0.2) is 9.38 Å². The lowest BCUT2D eigenvalue weighted by Crippen LogP contribution is -2.12. The quantitative estimate of drug-likeness (QED) is 0.849. The minimum absolute atomic E-state index is 0.514. The van der Waals surface area contributed by atoms with Gasteiger partial charge in [-0.25, -0.2) is 4.98 Å². The zero-order chi connectivity index (χ0) is 12.7. The summed E-state index contributed by atoms with van der Waals surface area (Å²) in [6, 6.07) is 3.78. The van der Waals surface area contributed by atoms with Crippen LogP contribution in [-0.2, 0) is 0 Å². The SMILES string of the molecule is CC1CCC(c2nc3ccc(Cl)cn3c2N)CC1. The highest BCUT2D eigenvalue weighted by Crippen LogP contribution is 2.37. The molecule has 0 aromatic carbocycles. The van der Waals surface area contributed by atoms with Gasteiger partial charge in [0.25, 0.3) is 0 Å². The molecule has 0 amide bonds. The summed E-state index contributed by atoms with van der Waals surface area (Å²) in [5.74, 6) is 2.11. The van der Waals surface area contributed by atoms with Crippen molar-refractivity contribution in [2.75, 3.05) is 5.73 Å². The van der Waals surface area contributed by atoms with Crippen molar-refractivity contribution < 1.29 is 0 Å². The van der Waals surface area contributed by atoms with Gasteiger partial charge in [0.05, 0.1) is 10.7 Å². The molecule has 0 saturated heterocycles. The Morgan fingerprint density at radius 1 is 1.28 bits per heavy atom. The van der Waals surface area contributed by atoms with Crippen LogP contribution in [0.2, 0.25) is 5.02 Å². The number of hydrogen-bond donors (Lipinski definition) is 1. The molecule has 2 aromatic rings. The fourth-order valence-corrected chi connectivity index (χ4v) is 3.05. The van der Waals surface area contributed by atoms with E-state index in [1.165, 1.54) is 25.7 Å². The minimum Gasteiger partial charge on any atom is -0.383 e.